The lowest BCUT2D eigenvalue weighted by molar-refractivity contribution is -0.128. The van der Waals surface area contributed by atoms with Gasteiger partial charge in [0.1, 0.15) is 0 Å². The molecule has 0 N–H and O–H groups in total. The van der Waals surface area contributed by atoms with Crippen LogP contribution in [-0.4, -0.2) is 30.3 Å². The Bertz CT molecular complexity index is 209. The zero-order valence-corrected chi connectivity index (χ0v) is 12.5. The summed E-state index contributed by atoms with van der Waals surface area (Å²) in [6.07, 6.45) is 9.63. The number of hydrogen-bond donors (Lipinski definition) is 0. The van der Waals surface area contributed by atoms with Crippen LogP contribution in [0.25, 0.3) is 0 Å². The molecule has 0 rings (SSSR count). The number of ketones is 1. The second-order valence-corrected chi connectivity index (χ2v) is 5.75. The molecule has 0 aliphatic carbocycles. The van der Waals surface area contributed by atoms with Gasteiger partial charge in [0.25, 0.3) is 0 Å². The van der Waals surface area contributed by atoms with Crippen LogP contribution >= 0.6 is 0 Å². The maximum atomic E-state index is 12.0. The van der Waals surface area contributed by atoms with Gasteiger partial charge in [0.05, 0.1) is 5.54 Å². The molecule has 2 nitrogen and oxygen atoms in total. The molecule has 0 amide bonds. The zero-order valence-electron chi connectivity index (χ0n) is 12.5. The lowest BCUT2D eigenvalue weighted by Gasteiger charge is -2.30. The van der Waals surface area contributed by atoms with E-state index in [1.165, 1.54) is 38.5 Å². The highest BCUT2D eigenvalue weighted by atomic mass is 16.1. The van der Waals surface area contributed by atoms with Gasteiger partial charge in [-0.1, -0.05) is 45.4 Å². The molecule has 0 saturated heterocycles. The fraction of sp³-hybridized carbons (Fsp3) is 0.933. The highest BCUT2D eigenvalue weighted by molar-refractivity contribution is 5.87. The molecule has 0 saturated carbocycles. The summed E-state index contributed by atoms with van der Waals surface area (Å²) >= 11 is 0. The second-order valence-electron chi connectivity index (χ2n) is 5.75. The summed E-state index contributed by atoms with van der Waals surface area (Å²) in [6.45, 7) is 6.26. The summed E-state index contributed by atoms with van der Waals surface area (Å²) in [5.41, 5.74) is -0.303. The number of nitrogens with zero attached hydrogens (tertiary/aromatic N) is 1. The lowest BCUT2D eigenvalue weighted by atomic mass is 9.93. The minimum Gasteiger partial charge on any atom is -0.298 e. The molecular weight excluding hydrogens is 210 g/mol. The summed E-state index contributed by atoms with van der Waals surface area (Å²) < 4.78 is 0. The molecule has 0 bridgehead atoms. The third-order valence-corrected chi connectivity index (χ3v) is 3.81. The van der Waals surface area contributed by atoms with E-state index in [-0.39, 0.29) is 5.54 Å². The predicted octanol–water partition coefficient (Wildman–Crippen LogP) is 4.04. The highest BCUT2D eigenvalue weighted by Crippen LogP contribution is 2.16. The van der Waals surface area contributed by atoms with Crippen molar-refractivity contribution in [2.24, 2.45) is 0 Å². The largest absolute Gasteiger partial charge is 0.298 e. The van der Waals surface area contributed by atoms with Gasteiger partial charge in [0.2, 0.25) is 0 Å². The first kappa shape index (κ1) is 16.6. The number of carbonyl (C=O) groups is 1. The molecule has 0 aliphatic heterocycles. The van der Waals surface area contributed by atoms with Crippen LogP contribution in [0.2, 0.25) is 0 Å². The van der Waals surface area contributed by atoms with E-state index in [1.54, 1.807) is 0 Å². The summed E-state index contributed by atoms with van der Waals surface area (Å²) in [5, 5.41) is 0. The molecule has 0 aromatic carbocycles. The Morgan fingerprint density at radius 1 is 0.941 bits per heavy atom. The standard InChI is InChI=1S/C15H31NO/c1-6-7-8-9-10-11-12-13-14(17)15(2,3)16(4)5/h6-13H2,1-5H3. The van der Waals surface area contributed by atoms with Crippen molar-refractivity contribution >= 4 is 5.78 Å². The topological polar surface area (TPSA) is 20.3 Å². The number of likely N-dealkylation sites (N-methyl/N-ethyl adjacent to an activating group) is 1. The highest BCUT2D eigenvalue weighted by Gasteiger charge is 2.28. The van der Waals surface area contributed by atoms with Gasteiger partial charge < -0.3 is 0 Å². The molecule has 0 atom stereocenters. The summed E-state index contributed by atoms with van der Waals surface area (Å²) in [4.78, 5) is 14.0. The monoisotopic (exact) mass is 241 g/mol. The van der Waals surface area contributed by atoms with E-state index in [9.17, 15) is 4.79 Å². The third-order valence-electron chi connectivity index (χ3n) is 3.81. The van der Waals surface area contributed by atoms with Crippen molar-refractivity contribution in [3.8, 4) is 0 Å². The van der Waals surface area contributed by atoms with Crippen LogP contribution in [-0.2, 0) is 4.79 Å². The van der Waals surface area contributed by atoms with Gasteiger partial charge in [0, 0.05) is 6.42 Å². The maximum absolute atomic E-state index is 12.0. The molecule has 2 heteroatoms. The Hall–Kier alpha value is -0.370. The minimum atomic E-state index is -0.303. The van der Waals surface area contributed by atoms with Crippen molar-refractivity contribution in [2.75, 3.05) is 14.1 Å². The van der Waals surface area contributed by atoms with Gasteiger partial charge in [-0.05, 0) is 34.4 Å². The summed E-state index contributed by atoms with van der Waals surface area (Å²) in [6, 6.07) is 0. The molecule has 0 spiro atoms. The maximum Gasteiger partial charge on any atom is 0.152 e. The smallest absolute Gasteiger partial charge is 0.152 e. The van der Waals surface area contributed by atoms with E-state index in [1.807, 2.05) is 32.8 Å². The first-order chi connectivity index (χ1) is 7.92. The van der Waals surface area contributed by atoms with Crippen molar-refractivity contribution in [1.82, 2.24) is 4.90 Å². The van der Waals surface area contributed by atoms with Crippen LogP contribution < -0.4 is 0 Å². The fourth-order valence-electron chi connectivity index (χ4n) is 1.80. The molecule has 0 fully saturated rings. The molecule has 0 heterocycles. The molecule has 0 aliphatic rings. The van der Waals surface area contributed by atoms with Crippen molar-refractivity contribution in [1.29, 1.82) is 0 Å². The fourth-order valence-corrected chi connectivity index (χ4v) is 1.80. The lowest BCUT2D eigenvalue weighted by Crippen LogP contribution is -2.45. The zero-order chi connectivity index (χ0) is 13.3. The van der Waals surface area contributed by atoms with E-state index in [4.69, 9.17) is 0 Å². The van der Waals surface area contributed by atoms with Crippen LogP contribution in [0, 0.1) is 0 Å². The normalized spacial score (nSPS) is 12.1. The van der Waals surface area contributed by atoms with Crippen LogP contribution in [0.15, 0.2) is 0 Å². The first-order valence-electron chi connectivity index (χ1n) is 7.13. The van der Waals surface area contributed by atoms with E-state index in [2.05, 4.69) is 6.92 Å². The Labute approximate surface area is 108 Å². The van der Waals surface area contributed by atoms with Gasteiger partial charge in [-0.15, -0.1) is 0 Å². The SMILES string of the molecule is CCCCCCCCCC(=O)C(C)(C)N(C)C. The molecule has 0 unspecified atom stereocenters. The molecular formula is C15H31NO. The average Bonchev–Trinajstić information content (AvgIpc) is 2.27. The van der Waals surface area contributed by atoms with Crippen LogP contribution in [0.4, 0.5) is 0 Å². The Morgan fingerprint density at radius 2 is 1.41 bits per heavy atom. The number of Topliss-reactive ketones (excluding diaryl/α,β-unsaturated/α-hetero) is 1. The van der Waals surface area contributed by atoms with Crippen LogP contribution in [0.5, 0.6) is 0 Å². The van der Waals surface area contributed by atoms with E-state index < -0.39 is 0 Å². The first-order valence-corrected chi connectivity index (χ1v) is 7.13. The average molecular weight is 241 g/mol. The van der Waals surface area contributed by atoms with E-state index in [0.29, 0.717) is 5.78 Å². The number of rotatable bonds is 10. The van der Waals surface area contributed by atoms with Crippen molar-refractivity contribution in [3.63, 3.8) is 0 Å². The van der Waals surface area contributed by atoms with Crippen molar-refractivity contribution < 1.29 is 4.79 Å². The summed E-state index contributed by atoms with van der Waals surface area (Å²) in [7, 11) is 3.95. The Balaban J connectivity index is 3.58. The Kier molecular flexibility index (Phi) is 8.49. The van der Waals surface area contributed by atoms with Crippen LogP contribution in [0.1, 0.15) is 72.1 Å². The van der Waals surface area contributed by atoms with Crippen molar-refractivity contribution in [2.45, 2.75) is 77.7 Å². The number of hydrogen-bond acceptors (Lipinski definition) is 2. The van der Waals surface area contributed by atoms with Gasteiger partial charge in [-0.3, -0.25) is 9.69 Å². The van der Waals surface area contributed by atoms with Gasteiger partial charge >= 0.3 is 0 Å². The second kappa shape index (κ2) is 8.68. The summed E-state index contributed by atoms with van der Waals surface area (Å²) in [5.74, 6) is 0.371. The third kappa shape index (κ3) is 6.82. The molecule has 0 aromatic rings. The quantitative estimate of drug-likeness (QED) is 0.538. The number of unbranched alkanes of at least 4 members (excludes halogenated alkanes) is 6. The van der Waals surface area contributed by atoms with Crippen LogP contribution in [0.3, 0.4) is 0 Å². The molecule has 0 radical (unpaired) electrons. The molecule has 17 heavy (non-hydrogen) atoms. The molecule has 102 valence electrons. The predicted molar refractivity (Wildman–Crippen MR) is 75.4 cm³/mol. The molecule has 0 aromatic heterocycles. The van der Waals surface area contributed by atoms with Gasteiger partial charge in [-0.25, -0.2) is 0 Å². The Morgan fingerprint density at radius 3 is 1.88 bits per heavy atom. The van der Waals surface area contributed by atoms with Crippen molar-refractivity contribution in [3.05, 3.63) is 0 Å². The minimum absolute atomic E-state index is 0.303. The van der Waals surface area contributed by atoms with Gasteiger partial charge in [-0.2, -0.15) is 0 Å². The van der Waals surface area contributed by atoms with E-state index in [0.717, 1.165) is 12.8 Å². The van der Waals surface area contributed by atoms with Gasteiger partial charge in [0.15, 0.2) is 5.78 Å². The van der Waals surface area contributed by atoms with E-state index >= 15 is 0 Å². The number of carbonyl (C=O) groups excluding carboxylic acids is 1.